The third-order valence-electron chi connectivity index (χ3n) is 2.93. The lowest BCUT2D eigenvalue weighted by atomic mass is 10.1. The molecule has 0 bridgehead atoms. The number of benzene rings is 1. The third kappa shape index (κ3) is 1.97. The van der Waals surface area contributed by atoms with E-state index in [1.807, 2.05) is 17.2 Å². The first-order valence-corrected chi connectivity index (χ1v) is 5.95. The second-order valence-corrected chi connectivity index (χ2v) is 4.48. The standard InChI is InChI=1S/C14H10ClFN2/c15-13-5-7-17-14-6-8-18(9-12(13)14)11-3-1-10(16)2-4-11/h1-8H,9H2. The molecule has 0 saturated carbocycles. The van der Waals surface area contributed by atoms with E-state index in [1.165, 1.54) is 12.1 Å². The van der Waals surface area contributed by atoms with Crippen LogP contribution in [-0.2, 0) is 6.54 Å². The maximum absolute atomic E-state index is 12.9. The van der Waals surface area contributed by atoms with Gasteiger partial charge in [-0.2, -0.15) is 0 Å². The first-order chi connectivity index (χ1) is 8.74. The quantitative estimate of drug-likeness (QED) is 0.774. The van der Waals surface area contributed by atoms with Gasteiger partial charge in [-0.1, -0.05) is 11.6 Å². The van der Waals surface area contributed by atoms with E-state index >= 15 is 0 Å². The summed E-state index contributed by atoms with van der Waals surface area (Å²) in [7, 11) is 0. The van der Waals surface area contributed by atoms with Crippen molar-refractivity contribution in [3.05, 3.63) is 64.8 Å². The molecule has 2 heterocycles. The minimum atomic E-state index is -0.236. The second-order valence-electron chi connectivity index (χ2n) is 4.08. The van der Waals surface area contributed by atoms with Crippen LogP contribution >= 0.6 is 11.6 Å². The molecule has 0 aliphatic carbocycles. The zero-order chi connectivity index (χ0) is 12.5. The highest BCUT2D eigenvalue weighted by Gasteiger charge is 2.15. The minimum Gasteiger partial charge on any atom is -0.343 e. The number of hydrogen-bond acceptors (Lipinski definition) is 2. The molecule has 0 fully saturated rings. The average Bonchev–Trinajstić information content (AvgIpc) is 2.40. The molecule has 4 heteroatoms. The molecular weight excluding hydrogens is 251 g/mol. The van der Waals surface area contributed by atoms with Gasteiger partial charge in [0.1, 0.15) is 5.82 Å². The molecule has 0 N–H and O–H groups in total. The van der Waals surface area contributed by atoms with Gasteiger partial charge in [0, 0.05) is 28.7 Å². The Labute approximate surface area is 109 Å². The highest BCUT2D eigenvalue weighted by molar-refractivity contribution is 6.31. The summed E-state index contributed by atoms with van der Waals surface area (Å²) in [5.74, 6) is -0.236. The lowest BCUT2D eigenvalue weighted by molar-refractivity contribution is 0.627. The molecule has 2 nitrogen and oxygen atoms in total. The zero-order valence-electron chi connectivity index (χ0n) is 9.48. The molecule has 1 aromatic carbocycles. The Morgan fingerprint density at radius 2 is 1.94 bits per heavy atom. The number of nitrogens with zero attached hydrogens (tertiary/aromatic N) is 2. The van der Waals surface area contributed by atoms with Crippen LogP contribution in [-0.4, -0.2) is 4.98 Å². The van der Waals surface area contributed by atoms with Gasteiger partial charge in [-0.3, -0.25) is 4.98 Å². The molecule has 0 spiro atoms. The summed E-state index contributed by atoms with van der Waals surface area (Å²) in [5, 5.41) is 0.705. The molecule has 90 valence electrons. The fourth-order valence-corrected chi connectivity index (χ4v) is 2.19. The molecule has 3 rings (SSSR count). The molecule has 0 amide bonds. The molecule has 2 aromatic rings. The van der Waals surface area contributed by atoms with E-state index in [4.69, 9.17) is 11.6 Å². The van der Waals surface area contributed by atoms with Gasteiger partial charge in [0.25, 0.3) is 0 Å². The van der Waals surface area contributed by atoms with Gasteiger partial charge in [-0.05, 0) is 36.4 Å². The highest BCUT2D eigenvalue weighted by atomic mass is 35.5. The van der Waals surface area contributed by atoms with Gasteiger partial charge in [0.05, 0.1) is 12.2 Å². The lowest BCUT2D eigenvalue weighted by Gasteiger charge is -2.25. The monoisotopic (exact) mass is 260 g/mol. The Hall–Kier alpha value is -1.87. The van der Waals surface area contributed by atoms with Crippen molar-refractivity contribution in [2.75, 3.05) is 4.90 Å². The molecule has 1 aliphatic rings. The van der Waals surface area contributed by atoms with E-state index < -0.39 is 0 Å². The molecule has 0 saturated heterocycles. The summed E-state index contributed by atoms with van der Waals surface area (Å²) < 4.78 is 12.9. The molecule has 18 heavy (non-hydrogen) atoms. The van der Waals surface area contributed by atoms with Crippen LogP contribution in [0.25, 0.3) is 6.08 Å². The largest absolute Gasteiger partial charge is 0.343 e. The SMILES string of the molecule is Fc1ccc(N2C=Cc3nccc(Cl)c3C2)cc1. The lowest BCUT2D eigenvalue weighted by Crippen LogP contribution is -2.19. The van der Waals surface area contributed by atoms with Crippen LogP contribution in [0.4, 0.5) is 10.1 Å². The normalized spacial score (nSPS) is 13.6. The van der Waals surface area contributed by atoms with Crippen LogP contribution in [0.15, 0.2) is 42.7 Å². The topological polar surface area (TPSA) is 16.1 Å². The maximum Gasteiger partial charge on any atom is 0.123 e. The fraction of sp³-hybridized carbons (Fsp3) is 0.0714. The molecular formula is C14H10ClFN2. The van der Waals surface area contributed by atoms with E-state index in [0.29, 0.717) is 11.6 Å². The van der Waals surface area contributed by atoms with Crippen LogP contribution < -0.4 is 4.90 Å². The minimum absolute atomic E-state index is 0.236. The van der Waals surface area contributed by atoms with Crippen LogP contribution in [0.5, 0.6) is 0 Å². The van der Waals surface area contributed by atoms with Gasteiger partial charge < -0.3 is 4.90 Å². The van der Waals surface area contributed by atoms with Crippen LogP contribution in [0.3, 0.4) is 0 Å². The number of aromatic nitrogens is 1. The molecule has 1 aromatic heterocycles. The van der Waals surface area contributed by atoms with E-state index in [9.17, 15) is 4.39 Å². The Bertz CT molecular complexity index is 608. The Kier molecular flexibility index (Phi) is 2.76. The van der Waals surface area contributed by atoms with Gasteiger partial charge in [-0.15, -0.1) is 0 Å². The van der Waals surface area contributed by atoms with E-state index in [0.717, 1.165) is 16.9 Å². The fourth-order valence-electron chi connectivity index (χ4n) is 1.98. The summed E-state index contributed by atoms with van der Waals surface area (Å²) in [4.78, 5) is 6.27. The molecule has 0 atom stereocenters. The first-order valence-electron chi connectivity index (χ1n) is 5.58. The first kappa shape index (κ1) is 11.2. The zero-order valence-corrected chi connectivity index (χ0v) is 10.2. The Morgan fingerprint density at radius 3 is 2.72 bits per heavy atom. The van der Waals surface area contributed by atoms with Crippen molar-refractivity contribution < 1.29 is 4.39 Å². The number of anilines is 1. The van der Waals surface area contributed by atoms with Gasteiger partial charge in [0.2, 0.25) is 0 Å². The molecule has 0 radical (unpaired) electrons. The summed E-state index contributed by atoms with van der Waals surface area (Å²) in [6, 6.07) is 8.17. The second kappa shape index (κ2) is 4.42. The van der Waals surface area contributed by atoms with Gasteiger partial charge in [0.15, 0.2) is 0 Å². The number of pyridine rings is 1. The van der Waals surface area contributed by atoms with Crippen molar-refractivity contribution >= 4 is 23.4 Å². The summed E-state index contributed by atoms with van der Waals surface area (Å²) in [6.07, 6.45) is 5.53. The van der Waals surface area contributed by atoms with Crippen molar-refractivity contribution in [2.45, 2.75) is 6.54 Å². The van der Waals surface area contributed by atoms with E-state index in [-0.39, 0.29) is 5.82 Å². The number of halogens is 2. The Morgan fingerprint density at radius 1 is 1.17 bits per heavy atom. The average molecular weight is 261 g/mol. The third-order valence-corrected chi connectivity index (χ3v) is 3.29. The summed E-state index contributed by atoms with van der Waals surface area (Å²) >= 11 is 6.16. The Balaban J connectivity index is 1.96. The predicted molar refractivity (Wildman–Crippen MR) is 70.9 cm³/mol. The number of fused-ring (bicyclic) bond motifs is 1. The van der Waals surface area contributed by atoms with Crippen molar-refractivity contribution in [3.63, 3.8) is 0 Å². The smallest absolute Gasteiger partial charge is 0.123 e. The highest BCUT2D eigenvalue weighted by Crippen LogP contribution is 2.28. The number of hydrogen-bond donors (Lipinski definition) is 0. The summed E-state index contributed by atoms with van der Waals surface area (Å²) in [5.41, 5.74) is 2.81. The summed E-state index contributed by atoms with van der Waals surface area (Å²) in [6.45, 7) is 0.643. The van der Waals surface area contributed by atoms with Crippen molar-refractivity contribution in [3.8, 4) is 0 Å². The van der Waals surface area contributed by atoms with Crippen LogP contribution in [0, 0.1) is 5.82 Å². The number of rotatable bonds is 1. The van der Waals surface area contributed by atoms with Crippen molar-refractivity contribution in [1.29, 1.82) is 0 Å². The maximum atomic E-state index is 12.9. The van der Waals surface area contributed by atoms with Gasteiger partial charge in [-0.25, -0.2) is 4.39 Å². The van der Waals surface area contributed by atoms with Crippen LogP contribution in [0.1, 0.15) is 11.3 Å². The van der Waals surface area contributed by atoms with E-state index in [1.54, 1.807) is 24.4 Å². The molecule has 1 aliphatic heterocycles. The van der Waals surface area contributed by atoms with Crippen molar-refractivity contribution in [1.82, 2.24) is 4.98 Å². The van der Waals surface area contributed by atoms with Crippen molar-refractivity contribution in [2.24, 2.45) is 0 Å². The van der Waals surface area contributed by atoms with Crippen LogP contribution in [0.2, 0.25) is 5.02 Å². The van der Waals surface area contributed by atoms with Gasteiger partial charge >= 0.3 is 0 Å². The molecule has 0 unspecified atom stereocenters. The van der Waals surface area contributed by atoms with E-state index in [2.05, 4.69) is 4.98 Å². The predicted octanol–water partition coefficient (Wildman–Crippen LogP) is 3.87.